The van der Waals surface area contributed by atoms with Crippen LogP contribution in [0.3, 0.4) is 0 Å². The highest BCUT2D eigenvalue weighted by Gasteiger charge is 2.18. The van der Waals surface area contributed by atoms with Crippen LogP contribution >= 0.6 is 0 Å². The normalized spacial score (nSPS) is 10.6. The Labute approximate surface area is 82.3 Å². The maximum atomic E-state index is 13.2. The number of rotatable bonds is 1. The number of hydrogen-bond acceptors (Lipinski definition) is 3. The first-order valence-corrected chi connectivity index (χ1v) is 3.95. The fraction of sp³-hybridized carbons (Fsp3) is 0. The van der Waals surface area contributed by atoms with Gasteiger partial charge < -0.3 is 10.2 Å². The molecular formula is C9H5F3N2O. The van der Waals surface area contributed by atoms with E-state index in [1.807, 2.05) is 0 Å². The van der Waals surface area contributed by atoms with Crippen molar-refractivity contribution in [3.63, 3.8) is 0 Å². The molecule has 0 aliphatic carbocycles. The van der Waals surface area contributed by atoms with Gasteiger partial charge in [0.2, 0.25) is 0 Å². The van der Waals surface area contributed by atoms with E-state index in [0.717, 1.165) is 12.3 Å². The maximum Gasteiger partial charge on any atom is 0.292 e. The number of aromatic nitrogens is 1. The van der Waals surface area contributed by atoms with Crippen molar-refractivity contribution in [2.24, 2.45) is 0 Å². The van der Waals surface area contributed by atoms with E-state index in [2.05, 4.69) is 4.98 Å². The third-order valence-corrected chi connectivity index (χ3v) is 1.81. The Bertz CT molecular complexity index is 510. The van der Waals surface area contributed by atoms with Crippen LogP contribution in [0.15, 0.2) is 22.7 Å². The molecule has 1 aromatic carbocycles. The Kier molecular flexibility index (Phi) is 2.11. The lowest BCUT2D eigenvalue weighted by Crippen LogP contribution is -1.92. The van der Waals surface area contributed by atoms with Crippen molar-refractivity contribution in [1.29, 1.82) is 0 Å². The Morgan fingerprint density at radius 2 is 1.80 bits per heavy atom. The Morgan fingerprint density at radius 1 is 1.13 bits per heavy atom. The lowest BCUT2D eigenvalue weighted by Gasteiger charge is -2.01. The van der Waals surface area contributed by atoms with Gasteiger partial charge in [0.15, 0.2) is 17.4 Å². The smallest absolute Gasteiger partial charge is 0.292 e. The van der Waals surface area contributed by atoms with Gasteiger partial charge in [0.1, 0.15) is 5.82 Å². The second-order valence-electron chi connectivity index (χ2n) is 2.78. The van der Waals surface area contributed by atoms with Gasteiger partial charge in [0.05, 0.1) is 11.8 Å². The first kappa shape index (κ1) is 9.57. The zero-order valence-electron chi connectivity index (χ0n) is 7.30. The number of anilines is 1. The van der Waals surface area contributed by atoms with Crippen molar-refractivity contribution in [2.45, 2.75) is 0 Å². The van der Waals surface area contributed by atoms with Crippen LogP contribution in [0.1, 0.15) is 0 Å². The van der Waals surface area contributed by atoms with Crippen LogP contribution in [0.5, 0.6) is 0 Å². The van der Waals surface area contributed by atoms with Gasteiger partial charge in [-0.2, -0.15) is 0 Å². The summed E-state index contributed by atoms with van der Waals surface area (Å²) in [5, 5.41) is 0. The minimum Gasteiger partial charge on any atom is -0.424 e. The summed E-state index contributed by atoms with van der Waals surface area (Å²) in [4.78, 5) is 3.46. The van der Waals surface area contributed by atoms with E-state index in [0.29, 0.717) is 6.07 Å². The van der Waals surface area contributed by atoms with E-state index in [1.54, 1.807) is 0 Å². The molecule has 78 valence electrons. The minimum atomic E-state index is -1.33. The Hall–Kier alpha value is -1.98. The molecule has 2 aromatic rings. The van der Waals surface area contributed by atoms with Crippen LogP contribution < -0.4 is 5.73 Å². The summed E-state index contributed by atoms with van der Waals surface area (Å²) in [5.41, 5.74) is 4.53. The van der Waals surface area contributed by atoms with Crippen molar-refractivity contribution in [1.82, 2.24) is 4.98 Å². The van der Waals surface area contributed by atoms with Crippen LogP contribution in [-0.2, 0) is 0 Å². The van der Waals surface area contributed by atoms with Crippen LogP contribution in [0.25, 0.3) is 11.3 Å². The van der Waals surface area contributed by atoms with Crippen molar-refractivity contribution in [3.05, 3.63) is 35.8 Å². The highest BCUT2D eigenvalue weighted by molar-refractivity contribution is 5.59. The second-order valence-corrected chi connectivity index (χ2v) is 2.78. The molecule has 0 spiro atoms. The standard InChI is InChI=1S/C9H5F3N2O/c10-4-1-2-5(11)8(12)7(4)6-3-14-9(13)15-6/h1-3H,(H2,13,14). The molecule has 0 radical (unpaired) electrons. The predicted octanol–water partition coefficient (Wildman–Crippen LogP) is 2.34. The molecule has 0 unspecified atom stereocenters. The van der Waals surface area contributed by atoms with Crippen molar-refractivity contribution < 1.29 is 17.6 Å². The van der Waals surface area contributed by atoms with Gasteiger partial charge in [0, 0.05) is 0 Å². The van der Waals surface area contributed by atoms with E-state index in [1.165, 1.54) is 0 Å². The molecule has 0 fully saturated rings. The molecule has 2 N–H and O–H groups in total. The topological polar surface area (TPSA) is 52.0 Å². The number of halogens is 3. The number of nitrogens with zero attached hydrogens (tertiary/aromatic N) is 1. The molecule has 3 nitrogen and oxygen atoms in total. The lowest BCUT2D eigenvalue weighted by atomic mass is 10.1. The summed E-state index contributed by atoms with van der Waals surface area (Å²) in [6.45, 7) is 0. The molecule has 0 saturated carbocycles. The largest absolute Gasteiger partial charge is 0.424 e. The summed E-state index contributed by atoms with van der Waals surface area (Å²) in [7, 11) is 0. The summed E-state index contributed by atoms with van der Waals surface area (Å²) in [6.07, 6.45) is 1.02. The van der Waals surface area contributed by atoms with E-state index < -0.39 is 23.0 Å². The molecule has 0 atom stereocenters. The Morgan fingerprint density at radius 3 is 2.40 bits per heavy atom. The highest BCUT2D eigenvalue weighted by Crippen LogP contribution is 2.28. The molecule has 0 saturated heterocycles. The quantitative estimate of drug-likeness (QED) is 0.741. The Balaban J connectivity index is 2.66. The van der Waals surface area contributed by atoms with Crippen LogP contribution in [0.2, 0.25) is 0 Å². The highest BCUT2D eigenvalue weighted by atomic mass is 19.2. The number of nitrogen functional groups attached to an aromatic ring is 1. The van der Waals surface area contributed by atoms with Gasteiger partial charge in [0.25, 0.3) is 6.01 Å². The molecule has 0 bridgehead atoms. The first-order valence-electron chi connectivity index (χ1n) is 3.95. The summed E-state index contributed by atoms with van der Waals surface area (Å²) < 4.78 is 43.9. The fourth-order valence-electron chi connectivity index (χ4n) is 1.16. The van der Waals surface area contributed by atoms with Crippen molar-refractivity contribution in [3.8, 4) is 11.3 Å². The van der Waals surface area contributed by atoms with Gasteiger partial charge in [-0.1, -0.05) is 0 Å². The number of nitrogens with two attached hydrogens (primary N) is 1. The second kappa shape index (κ2) is 3.30. The number of hydrogen-bond donors (Lipinski definition) is 1. The monoisotopic (exact) mass is 214 g/mol. The SMILES string of the molecule is Nc1ncc(-c2c(F)ccc(F)c2F)o1. The first-order chi connectivity index (χ1) is 7.09. The average Bonchev–Trinajstić information content (AvgIpc) is 2.59. The summed E-state index contributed by atoms with van der Waals surface area (Å²) in [6, 6.07) is 1.24. The maximum absolute atomic E-state index is 13.2. The lowest BCUT2D eigenvalue weighted by molar-refractivity contribution is 0.491. The zero-order valence-corrected chi connectivity index (χ0v) is 7.30. The predicted molar refractivity (Wildman–Crippen MR) is 46.2 cm³/mol. The molecule has 15 heavy (non-hydrogen) atoms. The zero-order chi connectivity index (χ0) is 11.0. The number of benzene rings is 1. The molecule has 1 heterocycles. The van der Waals surface area contributed by atoms with E-state index in [-0.39, 0.29) is 11.8 Å². The van der Waals surface area contributed by atoms with Crippen molar-refractivity contribution >= 4 is 6.01 Å². The van der Waals surface area contributed by atoms with Crippen LogP contribution in [0, 0.1) is 17.5 Å². The van der Waals surface area contributed by atoms with Gasteiger partial charge in [-0.3, -0.25) is 0 Å². The fourth-order valence-corrected chi connectivity index (χ4v) is 1.16. The summed E-state index contributed by atoms with van der Waals surface area (Å²) in [5.74, 6) is -3.68. The molecule has 0 amide bonds. The van der Waals surface area contributed by atoms with Gasteiger partial charge in [-0.05, 0) is 12.1 Å². The molecule has 1 aromatic heterocycles. The molecule has 0 aliphatic rings. The number of oxazole rings is 1. The average molecular weight is 214 g/mol. The third kappa shape index (κ3) is 1.54. The molecule has 6 heteroatoms. The minimum absolute atomic E-state index is 0.243. The van der Waals surface area contributed by atoms with Crippen molar-refractivity contribution in [2.75, 3.05) is 5.73 Å². The van der Waals surface area contributed by atoms with Gasteiger partial charge in [-0.25, -0.2) is 18.2 Å². The molecule has 2 rings (SSSR count). The molecular weight excluding hydrogens is 209 g/mol. The van der Waals surface area contributed by atoms with Gasteiger partial charge in [-0.15, -0.1) is 0 Å². The van der Waals surface area contributed by atoms with E-state index in [4.69, 9.17) is 10.2 Å². The van der Waals surface area contributed by atoms with Crippen LogP contribution in [-0.4, -0.2) is 4.98 Å². The van der Waals surface area contributed by atoms with Crippen LogP contribution in [0.4, 0.5) is 19.2 Å². The van der Waals surface area contributed by atoms with E-state index >= 15 is 0 Å². The third-order valence-electron chi connectivity index (χ3n) is 1.81. The summed E-state index contributed by atoms with van der Waals surface area (Å²) >= 11 is 0. The van der Waals surface area contributed by atoms with E-state index in [9.17, 15) is 13.2 Å². The van der Waals surface area contributed by atoms with Gasteiger partial charge >= 0.3 is 0 Å². The molecule has 0 aliphatic heterocycles.